The predicted molar refractivity (Wildman–Crippen MR) is 112 cm³/mol. The number of rotatable bonds is 5. The van der Waals surface area contributed by atoms with Crippen LogP contribution >= 0.6 is 0 Å². The average molecular weight is 386 g/mol. The molecular weight excluding hydrogens is 365 g/mol. The third-order valence-corrected chi connectivity index (χ3v) is 4.85. The summed E-state index contributed by atoms with van der Waals surface area (Å²) < 4.78 is 20.4. The van der Waals surface area contributed by atoms with Crippen LogP contribution in [0.2, 0.25) is 0 Å². The third-order valence-electron chi connectivity index (χ3n) is 4.85. The molecule has 0 aliphatic heterocycles. The van der Waals surface area contributed by atoms with E-state index >= 15 is 0 Å². The number of hydrogen-bond acceptors (Lipinski definition) is 2. The van der Waals surface area contributed by atoms with E-state index < -0.39 is 0 Å². The Morgan fingerprint density at radius 2 is 1.76 bits per heavy atom. The molecule has 0 saturated carbocycles. The lowest BCUT2D eigenvalue weighted by Gasteiger charge is -2.12. The molecule has 0 saturated heterocycles. The van der Waals surface area contributed by atoms with Crippen molar-refractivity contribution in [2.45, 2.75) is 13.5 Å². The number of pyridine rings is 1. The molecule has 0 aliphatic rings. The minimum Gasteiger partial charge on any atom is -0.489 e. The first-order chi connectivity index (χ1) is 14.0. The standard InChI is InChI=1S/C25H21FNO2/c1-17(2)23-15-27(28)24-14-21(29-16-18-6-4-3-5-7-18)12-13-22(24)25(23)19-8-10-20(26)11-9-19/h3-15,28H,1,16H2,2H3/q+1. The van der Waals surface area contributed by atoms with E-state index in [1.54, 1.807) is 24.4 Å². The highest BCUT2D eigenvalue weighted by atomic mass is 19.1. The smallest absolute Gasteiger partial charge is 0.268 e. The van der Waals surface area contributed by atoms with Gasteiger partial charge in [0.2, 0.25) is 6.20 Å². The lowest BCUT2D eigenvalue weighted by atomic mass is 9.93. The lowest BCUT2D eigenvalue weighted by molar-refractivity contribution is -0.884. The summed E-state index contributed by atoms with van der Waals surface area (Å²) in [6.45, 7) is 6.35. The van der Waals surface area contributed by atoms with Gasteiger partial charge in [0.25, 0.3) is 5.52 Å². The fraction of sp³-hybridized carbons (Fsp3) is 0.0800. The number of ether oxygens (including phenoxy) is 1. The van der Waals surface area contributed by atoms with Crippen LogP contribution in [0, 0.1) is 5.82 Å². The molecule has 4 rings (SSSR count). The molecule has 0 spiro atoms. The largest absolute Gasteiger partial charge is 0.489 e. The molecule has 0 bridgehead atoms. The summed E-state index contributed by atoms with van der Waals surface area (Å²) >= 11 is 0. The Kier molecular flexibility index (Phi) is 5.00. The molecule has 4 aromatic rings. The number of nitrogens with zero attached hydrogens (tertiary/aromatic N) is 1. The number of hydrogen-bond donors (Lipinski definition) is 1. The number of benzene rings is 3. The monoisotopic (exact) mass is 386 g/mol. The van der Waals surface area contributed by atoms with E-state index in [4.69, 9.17) is 4.74 Å². The van der Waals surface area contributed by atoms with Gasteiger partial charge in [-0.3, -0.25) is 5.21 Å². The maximum Gasteiger partial charge on any atom is 0.268 e. The van der Waals surface area contributed by atoms with Crippen LogP contribution in [0.25, 0.3) is 27.6 Å². The molecule has 0 amide bonds. The minimum atomic E-state index is -0.292. The van der Waals surface area contributed by atoms with E-state index in [-0.39, 0.29) is 5.82 Å². The molecule has 0 atom stereocenters. The fourth-order valence-electron chi connectivity index (χ4n) is 3.40. The van der Waals surface area contributed by atoms with Gasteiger partial charge in [0.05, 0.1) is 17.0 Å². The molecule has 4 heteroatoms. The minimum absolute atomic E-state index is 0.292. The predicted octanol–water partition coefficient (Wildman–Crippen LogP) is 5.78. The quantitative estimate of drug-likeness (QED) is 0.348. The Morgan fingerprint density at radius 1 is 1.03 bits per heavy atom. The van der Waals surface area contributed by atoms with Gasteiger partial charge in [0, 0.05) is 10.3 Å². The zero-order chi connectivity index (χ0) is 20.4. The Bertz CT molecular complexity index is 1190. The van der Waals surface area contributed by atoms with Crippen molar-refractivity contribution in [3.63, 3.8) is 0 Å². The van der Waals surface area contributed by atoms with Gasteiger partial charge in [0.15, 0.2) is 0 Å². The summed E-state index contributed by atoms with van der Waals surface area (Å²) in [6.07, 6.45) is 1.63. The summed E-state index contributed by atoms with van der Waals surface area (Å²) in [7, 11) is 0. The summed E-state index contributed by atoms with van der Waals surface area (Å²) in [6, 6.07) is 21.8. The van der Waals surface area contributed by atoms with Crippen molar-refractivity contribution in [1.82, 2.24) is 0 Å². The van der Waals surface area contributed by atoms with Gasteiger partial charge < -0.3 is 4.74 Å². The van der Waals surface area contributed by atoms with E-state index in [2.05, 4.69) is 6.58 Å². The zero-order valence-electron chi connectivity index (χ0n) is 16.1. The van der Waals surface area contributed by atoms with Crippen LogP contribution in [-0.2, 0) is 6.61 Å². The van der Waals surface area contributed by atoms with Crippen molar-refractivity contribution in [3.05, 3.63) is 103 Å². The number of aromatic nitrogens is 1. The van der Waals surface area contributed by atoms with Crippen molar-refractivity contribution in [3.8, 4) is 16.9 Å². The normalized spacial score (nSPS) is 10.8. The van der Waals surface area contributed by atoms with Crippen molar-refractivity contribution in [2.75, 3.05) is 0 Å². The highest BCUT2D eigenvalue weighted by Crippen LogP contribution is 2.35. The van der Waals surface area contributed by atoms with E-state index in [1.165, 1.54) is 12.1 Å². The van der Waals surface area contributed by atoms with Crippen LogP contribution in [0.5, 0.6) is 5.75 Å². The maximum atomic E-state index is 13.4. The van der Waals surface area contributed by atoms with Crippen LogP contribution in [0.3, 0.4) is 0 Å². The highest BCUT2D eigenvalue weighted by molar-refractivity contribution is 5.98. The second-order valence-electron chi connectivity index (χ2n) is 7.00. The van der Waals surface area contributed by atoms with Crippen LogP contribution in [0.15, 0.2) is 85.6 Å². The molecule has 3 aromatic carbocycles. The van der Waals surface area contributed by atoms with Gasteiger partial charge in [-0.05, 0) is 47.9 Å². The molecule has 1 heterocycles. The highest BCUT2D eigenvalue weighted by Gasteiger charge is 2.21. The summed E-state index contributed by atoms with van der Waals surface area (Å²) in [5, 5.41) is 11.4. The Labute approximate surface area is 168 Å². The molecule has 3 nitrogen and oxygen atoms in total. The molecule has 1 N–H and O–H groups in total. The van der Waals surface area contributed by atoms with Gasteiger partial charge in [-0.1, -0.05) is 49.0 Å². The summed E-state index contributed by atoms with van der Waals surface area (Å²) in [5.41, 5.74) is 5.01. The molecule has 0 fully saturated rings. The molecule has 0 radical (unpaired) electrons. The Morgan fingerprint density at radius 3 is 2.45 bits per heavy atom. The molecule has 29 heavy (non-hydrogen) atoms. The van der Waals surface area contributed by atoms with Crippen LogP contribution in [0.4, 0.5) is 4.39 Å². The zero-order valence-corrected chi connectivity index (χ0v) is 16.1. The van der Waals surface area contributed by atoms with Crippen LogP contribution < -0.4 is 9.47 Å². The van der Waals surface area contributed by atoms with Gasteiger partial charge in [-0.25, -0.2) is 4.39 Å². The molecule has 144 valence electrons. The Balaban J connectivity index is 1.81. The van der Waals surface area contributed by atoms with Gasteiger partial charge in [0.1, 0.15) is 18.2 Å². The second kappa shape index (κ2) is 7.76. The van der Waals surface area contributed by atoms with E-state index in [0.29, 0.717) is 17.9 Å². The van der Waals surface area contributed by atoms with Crippen LogP contribution in [0.1, 0.15) is 18.1 Å². The first-order valence-corrected chi connectivity index (χ1v) is 9.33. The lowest BCUT2D eigenvalue weighted by Crippen LogP contribution is -2.31. The van der Waals surface area contributed by atoms with Gasteiger partial charge >= 0.3 is 0 Å². The fourth-order valence-corrected chi connectivity index (χ4v) is 3.40. The summed E-state index contributed by atoms with van der Waals surface area (Å²) in [5.74, 6) is 0.358. The summed E-state index contributed by atoms with van der Waals surface area (Å²) in [4.78, 5) is 0. The molecular formula is C25H21FNO2+. The van der Waals surface area contributed by atoms with Crippen molar-refractivity contribution in [1.29, 1.82) is 0 Å². The van der Waals surface area contributed by atoms with E-state index in [0.717, 1.165) is 37.9 Å². The second-order valence-corrected chi connectivity index (χ2v) is 7.00. The van der Waals surface area contributed by atoms with Crippen molar-refractivity contribution >= 4 is 16.5 Å². The van der Waals surface area contributed by atoms with Crippen molar-refractivity contribution in [2.24, 2.45) is 0 Å². The SMILES string of the molecule is C=C(C)c1c[n+](O)c2cc(OCc3ccccc3)ccc2c1-c1ccc(F)cc1. The topological polar surface area (TPSA) is 33.3 Å². The molecule has 1 aromatic heterocycles. The Hall–Kier alpha value is -3.66. The first kappa shape index (κ1) is 18.7. The van der Waals surface area contributed by atoms with E-state index in [9.17, 15) is 9.60 Å². The molecule has 0 unspecified atom stereocenters. The van der Waals surface area contributed by atoms with Gasteiger partial charge in [-0.15, -0.1) is 0 Å². The average Bonchev–Trinajstić information content (AvgIpc) is 2.74. The van der Waals surface area contributed by atoms with Gasteiger partial charge in [-0.2, -0.15) is 0 Å². The number of halogens is 1. The maximum absolute atomic E-state index is 13.4. The molecule has 0 aliphatic carbocycles. The van der Waals surface area contributed by atoms with Crippen LogP contribution in [-0.4, -0.2) is 5.21 Å². The third kappa shape index (κ3) is 3.83. The number of allylic oxidation sites excluding steroid dienone is 1. The number of fused-ring (bicyclic) bond motifs is 1. The van der Waals surface area contributed by atoms with Crippen molar-refractivity contribution < 1.29 is 19.1 Å². The van der Waals surface area contributed by atoms with E-state index in [1.807, 2.05) is 49.4 Å². The first-order valence-electron chi connectivity index (χ1n) is 9.33.